The molecule has 1 aliphatic rings. The van der Waals surface area contributed by atoms with E-state index in [1.54, 1.807) is 24.3 Å². The van der Waals surface area contributed by atoms with Crippen molar-refractivity contribution in [3.05, 3.63) is 71.3 Å². The zero-order chi connectivity index (χ0) is 19.9. The Kier molecular flexibility index (Phi) is 6.85. The maximum atomic E-state index is 12.8. The van der Waals surface area contributed by atoms with Crippen molar-refractivity contribution in [1.29, 1.82) is 0 Å². The van der Waals surface area contributed by atoms with Crippen LogP contribution in [0, 0.1) is 5.92 Å². The highest BCUT2D eigenvalue weighted by atomic mass is 16.2. The second-order valence-electron chi connectivity index (χ2n) is 7.79. The molecule has 3 rings (SSSR count). The minimum absolute atomic E-state index is 0.0621. The van der Waals surface area contributed by atoms with Gasteiger partial charge in [-0.3, -0.25) is 9.59 Å². The van der Waals surface area contributed by atoms with Crippen LogP contribution in [0.3, 0.4) is 0 Å². The minimum atomic E-state index is -0.0879. The summed E-state index contributed by atoms with van der Waals surface area (Å²) in [4.78, 5) is 26.9. The molecule has 1 N–H and O–H groups in total. The molecule has 148 valence electrons. The fourth-order valence-corrected chi connectivity index (χ4v) is 3.64. The van der Waals surface area contributed by atoms with E-state index >= 15 is 0 Å². The maximum absolute atomic E-state index is 12.8. The van der Waals surface area contributed by atoms with Crippen molar-refractivity contribution < 1.29 is 9.59 Å². The van der Waals surface area contributed by atoms with Crippen molar-refractivity contribution >= 4 is 11.8 Å². The van der Waals surface area contributed by atoms with Crippen LogP contribution in [0.25, 0.3) is 0 Å². The van der Waals surface area contributed by atoms with Gasteiger partial charge in [0.25, 0.3) is 11.8 Å². The van der Waals surface area contributed by atoms with Gasteiger partial charge in [0.1, 0.15) is 0 Å². The van der Waals surface area contributed by atoms with Crippen molar-refractivity contribution in [2.45, 2.75) is 45.6 Å². The van der Waals surface area contributed by atoms with Crippen molar-refractivity contribution in [2.75, 3.05) is 13.1 Å². The van der Waals surface area contributed by atoms with Crippen LogP contribution >= 0.6 is 0 Å². The quantitative estimate of drug-likeness (QED) is 0.814. The molecule has 2 aromatic carbocycles. The monoisotopic (exact) mass is 378 g/mol. The molecule has 4 nitrogen and oxygen atoms in total. The lowest BCUT2D eigenvalue weighted by Crippen LogP contribution is -2.39. The lowest BCUT2D eigenvalue weighted by Gasteiger charge is -2.32. The second kappa shape index (κ2) is 9.54. The number of nitrogens with one attached hydrogen (secondary N) is 1. The summed E-state index contributed by atoms with van der Waals surface area (Å²) in [5.74, 6) is 0.611. The van der Waals surface area contributed by atoms with Gasteiger partial charge in [0, 0.05) is 30.3 Å². The lowest BCUT2D eigenvalue weighted by molar-refractivity contribution is 0.0690. The van der Waals surface area contributed by atoms with Crippen molar-refractivity contribution in [2.24, 2.45) is 5.92 Å². The molecule has 0 bridgehead atoms. The van der Waals surface area contributed by atoms with Gasteiger partial charge in [0.2, 0.25) is 0 Å². The molecule has 0 aromatic heterocycles. The van der Waals surface area contributed by atoms with Gasteiger partial charge in [-0.15, -0.1) is 0 Å². The van der Waals surface area contributed by atoms with Gasteiger partial charge in [0.05, 0.1) is 0 Å². The summed E-state index contributed by atoms with van der Waals surface area (Å²) in [7, 11) is 0. The molecule has 2 aromatic rings. The van der Waals surface area contributed by atoms with E-state index in [-0.39, 0.29) is 17.9 Å². The number of likely N-dealkylation sites (tertiary alicyclic amines) is 1. The Labute approximate surface area is 167 Å². The molecule has 0 spiro atoms. The SMILES string of the molecule is CCC(C)NC(=O)c1ccc(C(=O)N2CCC(Cc3ccccc3)CC2)cc1. The second-order valence-corrected chi connectivity index (χ2v) is 7.79. The summed E-state index contributed by atoms with van der Waals surface area (Å²) >= 11 is 0. The van der Waals surface area contributed by atoms with Gasteiger partial charge in [-0.05, 0) is 68.4 Å². The number of rotatable bonds is 6. The highest BCUT2D eigenvalue weighted by Gasteiger charge is 2.24. The van der Waals surface area contributed by atoms with Gasteiger partial charge >= 0.3 is 0 Å². The number of benzene rings is 2. The smallest absolute Gasteiger partial charge is 0.253 e. The third-order valence-corrected chi connectivity index (χ3v) is 5.65. The lowest BCUT2D eigenvalue weighted by atomic mass is 9.90. The summed E-state index contributed by atoms with van der Waals surface area (Å²) in [6, 6.07) is 17.7. The van der Waals surface area contributed by atoms with Crippen molar-refractivity contribution in [1.82, 2.24) is 10.2 Å². The number of hydrogen-bond acceptors (Lipinski definition) is 2. The molecule has 2 amide bonds. The van der Waals surface area contributed by atoms with E-state index < -0.39 is 0 Å². The number of hydrogen-bond donors (Lipinski definition) is 1. The Balaban J connectivity index is 1.53. The van der Waals surface area contributed by atoms with E-state index in [1.165, 1.54) is 5.56 Å². The molecule has 1 atom stereocenters. The fraction of sp³-hybridized carbons (Fsp3) is 0.417. The van der Waals surface area contributed by atoms with Crippen LogP contribution in [-0.4, -0.2) is 35.8 Å². The van der Waals surface area contributed by atoms with E-state index in [2.05, 4.69) is 29.6 Å². The van der Waals surface area contributed by atoms with Gasteiger partial charge in [-0.25, -0.2) is 0 Å². The fourth-order valence-electron chi connectivity index (χ4n) is 3.64. The first-order valence-corrected chi connectivity index (χ1v) is 10.3. The summed E-state index contributed by atoms with van der Waals surface area (Å²) in [6.07, 6.45) is 4.05. The number of piperidine rings is 1. The highest BCUT2D eigenvalue weighted by Crippen LogP contribution is 2.23. The average molecular weight is 379 g/mol. The maximum Gasteiger partial charge on any atom is 0.253 e. The Morgan fingerprint density at radius 3 is 2.21 bits per heavy atom. The summed E-state index contributed by atoms with van der Waals surface area (Å²) in [5.41, 5.74) is 2.62. The third-order valence-electron chi connectivity index (χ3n) is 5.65. The molecule has 28 heavy (non-hydrogen) atoms. The van der Waals surface area contributed by atoms with E-state index in [0.717, 1.165) is 38.8 Å². The highest BCUT2D eigenvalue weighted by molar-refractivity contribution is 5.97. The molecule has 0 saturated carbocycles. The van der Waals surface area contributed by atoms with Crippen molar-refractivity contribution in [3.8, 4) is 0 Å². The van der Waals surface area contributed by atoms with Gasteiger partial charge < -0.3 is 10.2 Å². The largest absolute Gasteiger partial charge is 0.350 e. The van der Waals surface area contributed by atoms with Crippen molar-refractivity contribution in [3.63, 3.8) is 0 Å². The normalized spacial score (nSPS) is 15.9. The summed E-state index contributed by atoms with van der Waals surface area (Å²) in [5, 5.41) is 2.95. The predicted octanol–water partition coefficient (Wildman–Crippen LogP) is 4.31. The topological polar surface area (TPSA) is 49.4 Å². The van der Waals surface area contributed by atoms with Crippen LogP contribution in [0.1, 0.15) is 59.4 Å². The minimum Gasteiger partial charge on any atom is -0.350 e. The van der Waals surface area contributed by atoms with Crippen LogP contribution in [0.4, 0.5) is 0 Å². The van der Waals surface area contributed by atoms with Crippen LogP contribution in [-0.2, 0) is 6.42 Å². The standard InChI is InChI=1S/C24H30N2O2/c1-3-18(2)25-23(27)21-9-11-22(12-10-21)24(28)26-15-13-20(14-16-26)17-19-7-5-4-6-8-19/h4-12,18,20H,3,13-17H2,1-2H3,(H,25,27). The summed E-state index contributed by atoms with van der Waals surface area (Å²) in [6.45, 7) is 5.62. The molecular weight excluding hydrogens is 348 g/mol. The van der Waals surface area contributed by atoms with E-state index in [0.29, 0.717) is 17.0 Å². The molecule has 0 radical (unpaired) electrons. The first-order valence-electron chi connectivity index (χ1n) is 10.3. The molecule has 1 aliphatic heterocycles. The molecule has 1 unspecified atom stereocenters. The molecule has 1 heterocycles. The molecule has 1 fully saturated rings. The number of carbonyl (C=O) groups is 2. The Hall–Kier alpha value is -2.62. The Morgan fingerprint density at radius 1 is 1.00 bits per heavy atom. The molecule has 4 heteroatoms. The van der Waals surface area contributed by atoms with Gasteiger partial charge in [-0.2, -0.15) is 0 Å². The predicted molar refractivity (Wildman–Crippen MR) is 112 cm³/mol. The van der Waals surface area contributed by atoms with Crippen LogP contribution in [0.5, 0.6) is 0 Å². The molecule has 1 saturated heterocycles. The number of carbonyl (C=O) groups excluding carboxylic acids is 2. The third kappa shape index (κ3) is 5.22. The zero-order valence-electron chi connectivity index (χ0n) is 16.9. The first-order chi connectivity index (χ1) is 13.6. The number of nitrogens with zero attached hydrogens (tertiary/aromatic N) is 1. The van der Waals surface area contributed by atoms with Crippen LogP contribution in [0.2, 0.25) is 0 Å². The van der Waals surface area contributed by atoms with Crippen LogP contribution in [0.15, 0.2) is 54.6 Å². The van der Waals surface area contributed by atoms with Gasteiger partial charge in [-0.1, -0.05) is 37.3 Å². The van der Waals surface area contributed by atoms with E-state index in [9.17, 15) is 9.59 Å². The molecule has 0 aliphatic carbocycles. The zero-order valence-corrected chi connectivity index (χ0v) is 16.9. The Bertz CT molecular complexity index is 778. The van der Waals surface area contributed by atoms with E-state index in [4.69, 9.17) is 0 Å². The van der Waals surface area contributed by atoms with Crippen LogP contribution < -0.4 is 5.32 Å². The summed E-state index contributed by atoms with van der Waals surface area (Å²) < 4.78 is 0. The first kappa shape index (κ1) is 20.1. The molecular formula is C24H30N2O2. The van der Waals surface area contributed by atoms with Gasteiger partial charge in [0.15, 0.2) is 0 Å². The Morgan fingerprint density at radius 2 is 1.61 bits per heavy atom. The average Bonchev–Trinajstić information content (AvgIpc) is 2.74. The van der Waals surface area contributed by atoms with E-state index in [1.807, 2.05) is 24.8 Å². The number of amides is 2.